The number of benzene rings is 9. The van der Waals surface area contributed by atoms with E-state index in [2.05, 4.69) is 260 Å². The lowest BCUT2D eigenvalue weighted by Gasteiger charge is -2.47. The summed E-state index contributed by atoms with van der Waals surface area (Å²) in [7, 11) is 0. The van der Waals surface area contributed by atoms with E-state index in [9.17, 15) is 0 Å². The maximum absolute atomic E-state index is 2.54. The molecule has 9 aromatic rings. The SMILES string of the molecule is Cc1ccc2c(c1)C1(c3ccccc3-c3ccc(N(c4ccccc4)c4ccc5c(c4)C(c4ccccc4)(c4ccc(C(C)(C)C)cc4)c4ccccc4-5)cc31)c1cc(C)ccc1C2(C)C. The molecule has 3 aliphatic rings. The molecule has 66 heavy (non-hydrogen) atoms. The van der Waals surface area contributed by atoms with Gasteiger partial charge in [-0.05, 0) is 139 Å². The van der Waals surface area contributed by atoms with Crippen molar-refractivity contribution in [2.24, 2.45) is 0 Å². The Balaban J connectivity index is 1.14. The molecule has 3 aliphatic carbocycles. The van der Waals surface area contributed by atoms with Crippen LogP contribution >= 0.6 is 0 Å². The van der Waals surface area contributed by atoms with Gasteiger partial charge in [-0.3, -0.25) is 0 Å². The van der Waals surface area contributed by atoms with Crippen molar-refractivity contribution in [1.82, 2.24) is 0 Å². The quantitative estimate of drug-likeness (QED) is 0.167. The van der Waals surface area contributed by atoms with E-state index in [-0.39, 0.29) is 10.8 Å². The lowest BCUT2D eigenvalue weighted by Crippen LogP contribution is -2.41. The Morgan fingerprint density at radius 3 is 1.30 bits per heavy atom. The maximum atomic E-state index is 2.54. The summed E-state index contributed by atoms with van der Waals surface area (Å²) in [5.74, 6) is 0. The second-order valence-corrected chi connectivity index (χ2v) is 20.6. The standard InChI is InChI=1S/C65H55N/c1-42-26-36-56-60(38-42)65(61-39-43(2)27-37-57(61)63(56,6)7)55-25-17-15-23-51(55)53-35-33-49(41-59(53)65)66(47-20-12-9-13-21-47)48-32-34-52-50-22-14-16-24-54(50)64(58(52)40-48,45-18-10-8-11-19-45)46-30-28-44(29-31-46)62(3,4)5/h8-41H,1-7H3. The summed E-state index contributed by atoms with van der Waals surface area (Å²) in [6.45, 7) is 16.2. The molecule has 0 saturated heterocycles. The van der Waals surface area contributed by atoms with Gasteiger partial charge in [0.25, 0.3) is 0 Å². The lowest BCUT2D eigenvalue weighted by molar-refractivity contribution is 0.562. The third-order valence-electron chi connectivity index (χ3n) is 15.5. The van der Waals surface area contributed by atoms with E-state index in [1.54, 1.807) is 0 Å². The Kier molecular flexibility index (Phi) is 8.79. The smallest absolute Gasteiger partial charge is 0.0720 e. The average molecular weight is 850 g/mol. The maximum Gasteiger partial charge on any atom is 0.0720 e. The number of aryl methyl sites for hydroxylation is 2. The molecule has 0 heterocycles. The zero-order chi connectivity index (χ0) is 45.2. The van der Waals surface area contributed by atoms with E-state index in [4.69, 9.17) is 0 Å². The third-order valence-corrected chi connectivity index (χ3v) is 15.5. The molecule has 1 spiro atoms. The second kappa shape index (κ2) is 14.4. The van der Waals surface area contributed by atoms with Crippen molar-refractivity contribution < 1.29 is 0 Å². The first-order valence-electron chi connectivity index (χ1n) is 23.7. The zero-order valence-electron chi connectivity index (χ0n) is 39.1. The van der Waals surface area contributed by atoms with E-state index >= 15 is 0 Å². The number of hydrogen-bond acceptors (Lipinski definition) is 1. The van der Waals surface area contributed by atoms with Crippen LogP contribution in [0.15, 0.2) is 206 Å². The number of para-hydroxylation sites is 1. The third kappa shape index (κ3) is 5.53. The Morgan fingerprint density at radius 1 is 0.333 bits per heavy atom. The van der Waals surface area contributed by atoms with Crippen molar-refractivity contribution in [2.45, 2.75) is 70.1 Å². The van der Waals surface area contributed by atoms with E-state index in [0.717, 1.165) is 17.1 Å². The van der Waals surface area contributed by atoms with Gasteiger partial charge in [-0.25, -0.2) is 0 Å². The van der Waals surface area contributed by atoms with Crippen molar-refractivity contribution in [3.05, 3.63) is 279 Å². The molecule has 0 amide bonds. The molecular weight excluding hydrogens is 795 g/mol. The van der Waals surface area contributed by atoms with Crippen LogP contribution in [0.1, 0.15) is 107 Å². The van der Waals surface area contributed by atoms with Gasteiger partial charge >= 0.3 is 0 Å². The molecule has 0 bridgehead atoms. The Labute approximate surface area is 391 Å². The molecule has 1 atom stereocenters. The molecule has 12 rings (SSSR count). The number of anilines is 3. The van der Waals surface area contributed by atoms with Crippen molar-refractivity contribution in [3.63, 3.8) is 0 Å². The number of rotatable bonds is 5. The van der Waals surface area contributed by atoms with Gasteiger partial charge in [-0.15, -0.1) is 0 Å². The molecule has 0 radical (unpaired) electrons. The van der Waals surface area contributed by atoms with Crippen LogP contribution < -0.4 is 4.90 Å². The first-order valence-corrected chi connectivity index (χ1v) is 23.7. The van der Waals surface area contributed by atoms with Crippen LogP contribution in [0.25, 0.3) is 22.3 Å². The molecule has 1 unspecified atom stereocenters. The van der Waals surface area contributed by atoms with E-state index < -0.39 is 10.8 Å². The minimum Gasteiger partial charge on any atom is -0.310 e. The minimum atomic E-state index is -0.538. The van der Waals surface area contributed by atoms with Gasteiger partial charge in [-0.2, -0.15) is 0 Å². The number of fused-ring (bicyclic) bond motifs is 12. The topological polar surface area (TPSA) is 3.24 Å². The number of nitrogens with zero attached hydrogens (tertiary/aromatic N) is 1. The van der Waals surface area contributed by atoms with E-state index in [0.29, 0.717) is 0 Å². The fourth-order valence-corrected chi connectivity index (χ4v) is 12.4. The van der Waals surface area contributed by atoms with Crippen molar-refractivity contribution in [1.29, 1.82) is 0 Å². The Hall–Kier alpha value is -7.22. The number of hydrogen-bond donors (Lipinski definition) is 0. The van der Waals surface area contributed by atoms with Gasteiger partial charge in [-0.1, -0.05) is 216 Å². The van der Waals surface area contributed by atoms with Crippen LogP contribution in [-0.4, -0.2) is 0 Å². The zero-order valence-corrected chi connectivity index (χ0v) is 39.1. The lowest BCUT2D eigenvalue weighted by atomic mass is 9.55. The van der Waals surface area contributed by atoms with E-state index in [1.165, 1.54) is 94.6 Å². The van der Waals surface area contributed by atoms with Crippen LogP contribution in [0.5, 0.6) is 0 Å². The summed E-state index contributed by atoms with van der Waals surface area (Å²) in [6.07, 6.45) is 0. The fourth-order valence-electron chi connectivity index (χ4n) is 12.4. The molecule has 0 fully saturated rings. The van der Waals surface area contributed by atoms with Crippen LogP contribution in [0.2, 0.25) is 0 Å². The molecular formula is C65H55N. The Morgan fingerprint density at radius 2 is 0.773 bits per heavy atom. The molecule has 9 aromatic carbocycles. The molecule has 0 aromatic heterocycles. The molecule has 0 aliphatic heterocycles. The van der Waals surface area contributed by atoms with Gasteiger partial charge in [0.1, 0.15) is 0 Å². The van der Waals surface area contributed by atoms with Crippen LogP contribution in [0, 0.1) is 13.8 Å². The monoisotopic (exact) mass is 849 g/mol. The summed E-state index contributed by atoms with van der Waals surface area (Å²) in [6, 6.07) is 78.9. The summed E-state index contributed by atoms with van der Waals surface area (Å²) in [5, 5.41) is 0. The molecule has 0 N–H and O–H groups in total. The van der Waals surface area contributed by atoms with Gasteiger partial charge < -0.3 is 4.90 Å². The summed E-state index contributed by atoms with van der Waals surface area (Å²) < 4.78 is 0. The van der Waals surface area contributed by atoms with Crippen molar-refractivity contribution >= 4 is 17.1 Å². The molecule has 1 heteroatoms. The second-order valence-electron chi connectivity index (χ2n) is 20.6. The van der Waals surface area contributed by atoms with Gasteiger partial charge in [0.2, 0.25) is 0 Å². The molecule has 320 valence electrons. The highest BCUT2D eigenvalue weighted by Gasteiger charge is 2.54. The predicted molar refractivity (Wildman–Crippen MR) is 276 cm³/mol. The predicted octanol–water partition coefficient (Wildman–Crippen LogP) is 16.4. The van der Waals surface area contributed by atoms with Gasteiger partial charge in [0.05, 0.1) is 10.8 Å². The summed E-state index contributed by atoms with van der Waals surface area (Å²) in [5.41, 5.74) is 24.7. The van der Waals surface area contributed by atoms with Gasteiger partial charge in [0, 0.05) is 22.5 Å². The largest absolute Gasteiger partial charge is 0.310 e. The normalized spacial score (nSPS) is 16.7. The minimum absolute atomic E-state index is 0.0404. The fraction of sp³-hybridized carbons (Fsp3) is 0.169. The van der Waals surface area contributed by atoms with Crippen molar-refractivity contribution in [2.75, 3.05) is 4.90 Å². The van der Waals surface area contributed by atoms with Crippen molar-refractivity contribution in [3.8, 4) is 22.3 Å². The highest BCUT2D eigenvalue weighted by Crippen LogP contribution is 2.63. The summed E-state index contributed by atoms with van der Waals surface area (Å²) >= 11 is 0. The molecule has 1 nitrogen and oxygen atoms in total. The van der Waals surface area contributed by atoms with Crippen LogP contribution in [0.4, 0.5) is 17.1 Å². The van der Waals surface area contributed by atoms with Crippen LogP contribution in [0.3, 0.4) is 0 Å². The first kappa shape index (κ1) is 40.3. The van der Waals surface area contributed by atoms with E-state index in [1.807, 2.05) is 0 Å². The average Bonchev–Trinajstić information content (AvgIpc) is 3.79. The summed E-state index contributed by atoms with van der Waals surface area (Å²) in [4.78, 5) is 2.50. The molecule has 0 saturated carbocycles. The van der Waals surface area contributed by atoms with Gasteiger partial charge in [0.15, 0.2) is 0 Å². The highest BCUT2D eigenvalue weighted by atomic mass is 15.1. The highest BCUT2D eigenvalue weighted by molar-refractivity contribution is 5.93. The first-order chi connectivity index (χ1) is 31.9. The Bertz CT molecular complexity index is 3330. The van der Waals surface area contributed by atoms with Crippen LogP contribution in [-0.2, 0) is 21.7 Å².